The quantitative estimate of drug-likeness (QED) is 0.805. The molecule has 2 rings (SSSR count). The number of carboxylic acid groups (broad SMARTS) is 1. The van der Waals surface area contributed by atoms with Gasteiger partial charge in [0.1, 0.15) is 5.60 Å². The molecule has 0 bridgehead atoms. The SMILES string of the molecule is C=CC1(Oc2cc(C(=O)O)ccc2OC(F)(F)F)CCCCC1. The van der Waals surface area contributed by atoms with E-state index in [0.717, 1.165) is 37.5 Å². The zero-order chi connectivity index (χ0) is 17.1. The van der Waals surface area contributed by atoms with Crippen LogP contribution < -0.4 is 9.47 Å². The predicted octanol–water partition coefficient (Wildman–Crippen LogP) is 4.55. The van der Waals surface area contributed by atoms with Crippen molar-refractivity contribution in [2.75, 3.05) is 0 Å². The maximum absolute atomic E-state index is 12.5. The normalized spacial score (nSPS) is 17.3. The second kappa shape index (κ2) is 6.52. The van der Waals surface area contributed by atoms with Gasteiger partial charge in [0.25, 0.3) is 0 Å². The summed E-state index contributed by atoms with van der Waals surface area (Å²) in [6.45, 7) is 3.71. The van der Waals surface area contributed by atoms with Gasteiger partial charge in [-0.15, -0.1) is 13.2 Å². The molecule has 0 heterocycles. The van der Waals surface area contributed by atoms with Gasteiger partial charge in [0.15, 0.2) is 11.5 Å². The third-order valence-electron chi connectivity index (χ3n) is 3.80. The topological polar surface area (TPSA) is 55.8 Å². The number of hydrogen-bond donors (Lipinski definition) is 1. The fourth-order valence-electron chi connectivity index (χ4n) is 2.65. The van der Waals surface area contributed by atoms with Gasteiger partial charge in [-0.1, -0.05) is 13.0 Å². The number of carbonyl (C=O) groups is 1. The first-order valence-electron chi connectivity index (χ1n) is 7.20. The van der Waals surface area contributed by atoms with Crippen LogP contribution in [0.3, 0.4) is 0 Å². The van der Waals surface area contributed by atoms with Crippen molar-refractivity contribution in [1.82, 2.24) is 0 Å². The second-order valence-corrected chi connectivity index (χ2v) is 5.45. The predicted molar refractivity (Wildman–Crippen MR) is 76.7 cm³/mol. The van der Waals surface area contributed by atoms with Crippen molar-refractivity contribution >= 4 is 5.97 Å². The van der Waals surface area contributed by atoms with Crippen molar-refractivity contribution in [3.05, 3.63) is 36.4 Å². The Balaban J connectivity index is 2.37. The summed E-state index contributed by atoms with van der Waals surface area (Å²) < 4.78 is 47.3. The lowest BCUT2D eigenvalue weighted by molar-refractivity contribution is -0.275. The van der Waals surface area contributed by atoms with Crippen molar-refractivity contribution < 1.29 is 32.5 Å². The van der Waals surface area contributed by atoms with E-state index in [1.165, 1.54) is 0 Å². The van der Waals surface area contributed by atoms with Gasteiger partial charge in [0.2, 0.25) is 0 Å². The van der Waals surface area contributed by atoms with E-state index in [1.54, 1.807) is 6.08 Å². The molecule has 1 aliphatic rings. The molecule has 0 spiro atoms. The minimum Gasteiger partial charge on any atom is -0.479 e. The zero-order valence-corrected chi connectivity index (χ0v) is 12.4. The largest absolute Gasteiger partial charge is 0.573 e. The van der Waals surface area contributed by atoms with Crippen LogP contribution in [-0.2, 0) is 0 Å². The van der Waals surface area contributed by atoms with Gasteiger partial charge in [0, 0.05) is 0 Å². The second-order valence-electron chi connectivity index (χ2n) is 5.45. The lowest BCUT2D eigenvalue weighted by Gasteiger charge is -2.35. The Morgan fingerprint density at radius 2 is 1.87 bits per heavy atom. The molecule has 1 aliphatic carbocycles. The van der Waals surface area contributed by atoms with Gasteiger partial charge < -0.3 is 14.6 Å². The molecule has 0 atom stereocenters. The fraction of sp³-hybridized carbons (Fsp3) is 0.438. The van der Waals surface area contributed by atoms with Crippen LogP contribution in [0.5, 0.6) is 11.5 Å². The Morgan fingerprint density at radius 1 is 1.22 bits per heavy atom. The molecule has 0 amide bonds. The highest BCUT2D eigenvalue weighted by molar-refractivity contribution is 5.88. The summed E-state index contributed by atoms with van der Waals surface area (Å²) in [5.41, 5.74) is -0.983. The lowest BCUT2D eigenvalue weighted by Crippen LogP contribution is -2.36. The molecule has 1 saturated carbocycles. The van der Waals surface area contributed by atoms with Crippen LogP contribution in [0.2, 0.25) is 0 Å². The fourth-order valence-corrected chi connectivity index (χ4v) is 2.65. The first-order chi connectivity index (χ1) is 10.7. The van der Waals surface area contributed by atoms with Crippen LogP contribution in [0.15, 0.2) is 30.9 Å². The average molecular weight is 330 g/mol. The van der Waals surface area contributed by atoms with Gasteiger partial charge in [-0.25, -0.2) is 4.79 Å². The summed E-state index contributed by atoms with van der Waals surface area (Å²) in [6, 6.07) is 3.03. The van der Waals surface area contributed by atoms with E-state index in [2.05, 4.69) is 11.3 Å². The third-order valence-corrected chi connectivity index (χ3v) is 3.80. The van der Waals surface area contributed by atoms with Crippen LogP contribution in [0.25, 0.3) is 0 Å². The van der Waals surface area contributed by atoms with Crippen LogP contribution in [-0.4, -0.2) is 23.0 Å². The van der Waals surface area contributed by atoms with E-state index in [0.29, 0.717) is 12.8 Å². The molecule has 0 aliphatic heterocycles. The summed E-state index contributed by atoms with van der Waals surface area (Å²) in [7, 11) is 0. The highest BCUT2D eigenvalue weighted by atomic mass is 19.4. The molecule has 7 heteroatoms. The molecule has 1 fully saturated rings. The number of benzene rings is 1. The van der Waals surface area contributed by atoms with Crippen LogP contribution in [0.4, 0.5) is 13.2 Å². The van der Waals surface area contributed by atoms with E-state index < -0.39 is 23.7 Å². The van der Waals surface area contributed by atoms with Gasteiger partial charge in [0.05, 0.1) is 5.56 Å². The molecule has 0 radical (unpaired) electrons. The Morgan fingerprint density at radius 3 is 2.39 bits per heavy atom. The van der Waals surface area contributed by atoms with Crippen LogP contribution in [0.1, 0.15) is 42.5 Å². The minimum atomic E-state index is -4.89. The summed E-state index contributed by atoms with van der Waals surface area (Å²) >= 11 is 0. The van der Waals surface area contributed by atoms with E-state index in [-0.39, 0.29) is 11.3 Å². The smallest absolute Gasteiger partial charge is 0.479 e. The average Bonchev–Trinajstić information content (AvgIpc) is 2.48. The minimum absolute atomic E-state index is 0.176. The Bertz CT molecular complexity index is 589. The molecule has 23 heavy (non-hydrogen) atoms. The van der Waals surface area contributed by atoms with Crippen molar-refractivity contribution in [2.24, 2.45) is 0 Å². The molecule has 126 valence electrons. The number of aromatic carboxylic acids is 1. The molecular formula is C16H17F3O4. The van der Waals surface area contributed by atoms with E-state index in [9.17, 15) is 18.0 Å². The molecular weight excluding hydrogens is 313 g/mol. The number of carboxylic acids is 1. The van der Waals surface area contributed by atoms with Crippen LogP contribution >= 0.6 is 0 Å². The Labute approximate surface area is 131 Å². The molecule has 0 unspecified atom stereocenters. The Hall–Kier alpha value is -2.18. The summed E-state index contributed by atoms with van der Waals surface area (Å²) in [6.07, 6.45) is 0.631. The van der Waals surface area contributed by atoms with Gasteiger partial charge in [-0.3, -0.25) is 0 Å². The number of rotatable bonds is 5. The third kappa shape index (κ3) is 4.40. The summed E-state index contributed by atoms with van der Waals surface area (Å²) in [4.78, 5) is 11.1. The number of alkyl halides is 3. The van der Waals surface area contributed by atoms with E-state index >= 15 is 0 Å². The molecule has 0 saturated heterocycles. The number of halogens is 3. The highest BCUT2D eigenvalue weighted by Crippen LogP contribution is 2.40. The van der Waals surface area contributed by atoms with Crippen molar-refractivity contribution in [2.45, 2.75) is 44.1 Å². The molecule has 4 nitrogen and oxygen atoms in total. The maximum atomic E-state index is 12.5. The molecule has 0 aromatic heterocycles. The first-order valence-corrected chi connectivity index (χ1v) is 7.20. The van der Waals surface area contributed by atoms with Crippen LogP contribution in [0, 0.1) is 0 Å². The number of hydrogen-bond acceptors (Lipinski definition) is 3. The van der Waals surface area contributed by atoms with Gasteiger partial charge >= 0.3 is 12.3 Å². The monoisotopic (exact) mass is 330 g/mol. The molecule has 1 aromatic carbocycles. The highest BCUT2D eigenvalue weighted by Gasteiger charge is 2.36. The molecule has 1 N–H and O–H groups in total. The van der Waals surface area contributed by atoms with E-state index in [4.69, 9.17) is 9.84 Å². The summed E-state index contributed by atoms with van der Waals surface area (Å²) in [5.74, 6) is -2.07. The first kappa shape index (κ1) is 17.2. The number of ether oxygens (including phenoxy) is 2. The Kier molecular flexibility index (Phi) is 4.87. The maximum Gasteiger partial charge on any atom is 0.573 e. The zero-order valence-electron chi connectivity index (χ0n) is 12.4. The van der Waals surface area contributed by atoms with Crippen molar-refractivity contribution in [1.29, 1.82) is 0 Å². The van der Waals surface area contributed by atoms with Crippen molar-refractivity contribution in [3.63, 3.8) is 0 Å². The van der Waals surface area contributed by atoms with Crippen molar-refractivity contribution in [3.8, 4) is 11.5 Å². The molecule has 1 aromatic rings. The summed E-state index contributed by atoms with van der Waals surface area (Å²) in [5, 5.41) is 9.02. The van der Waals surface area contributed by atoms with Gasteiger partial charge in [-0.05, 0) is 50.0 Å². The van der Waals surface area contributed by atoms with E-state index in [1.807, 2.05) is 0 Å². The van der Waals surface area contributed by atoms with Gasteiger partial charge in [-0.2, -0.15) is 0 Å². The standard InChI is InChI=1S/C16H17F3O4/c1-2-15(8-4-3-5-9-15)22-13-10-11(14(20)21)6-7-12(13)23-16(17,18)19/h2,6-7,10H,1,3-5,8-9H2,(H,20,21). The lowest BCUT2D eigenvalue weighted by atomic mass is 9.84.